The summed E-state index contributed by atoms with van der Waals surface area (Å²) in [7, 11) is 0. The van der Waals surface area contributed by atoms with Gasteiger partial charge in [-0.2, -0.15) is 0 Å². The Morgan fingerprint density at radius 1 is 1.38 bits per heavy atom. The maximum Gasteiger partial charge on any atom is 0.310 e. The average Bonchev–Trinajstić information content (AvgIpc) is 2.79. The first kappa shape index (κ1) is 15.4. The summed E-state index contributed by atoms with van der Waals surface area (Å²) in [5, 5.41) is 13.2. The summed E-state index contributed by atoms with van der Waals surface area (Å²) in [5.74, 6) is -1.16. The predicted molar refractivity (Wildman–Crippen MR) is 81.4 cm³/mol. The zero-order valence-corrected chi connectivity index (χ0v) is 12.6. The van der Waals surface area contributed by atoms with Gasteiger partial charge in [0.25, 0.3) is 0 Å². The van der Waals surface area contributed by atoms with Crippen molar-refractivity contribution >= 4 is 34.4 Å². The number of carboxylic acid groups (broad SMARTS) is 1. The number of carbonyl (C=O) groups excluding carboxylic acids is 1. The van der Waals surface area contributed by atoms with Crippen LogP contribution in [0.3, 0.4) is 0 Å². The van der Waals surface area contributed by atoms with Crippen molar-refractivity contribution in [3.63, 3.8) is 0 Å². The number of hydrogen-bond acceptors (Lipinski definition) is 2. The van der Waals surface area contributed by atoms with Gasteiger partial charge in [-0.3, -0.25) is 9.59 Å². The Bertz CT molecular complexity index is 691. The van der Waals surface area contributed by atoms with Gasteiger partial charge < -0.3 is 15.4 Å². The number of aromatic amines is 1. The number of halogens is 1. The van der Waals surface area contributed by atoms with Crippen LogP contribution in [-0.2, 0) is 16.0 Å². The number of hydrogen-bond donors (Lipinski definition) is 3. The fraction of sp³-hybridized carbons (Fsp3) is 0.333. The number of benzene rings is 1. The third-order valence-electron chi connectivity index (χ3n) is 3.39. The van der Waals surface area contributed by atoms with Crippen molar-refractivity contribution in [1.82, 2.24) is 10.3 Å². The molecule has 112 valence electrons. The van der Waals surface area contributed by atoms with Crippen LogP contribution in [0.15, 0.2) is 24.4 Å². The van der Waals surface area contributed by atoms with Gasteiger partial charge in [0.1, 0.15) is 0 Å². The summed E-state index contributed by atoms with van der Waals surface area (Å²) in [5.41, 5.74) is 0.755. The summed E-state index contributed by atoms with van der Waals surface area (Å²) in [6, 6.07) is 5.43. The Morgan fingerprint density at radius 2 is 2.10 bits per heavy atom. The minimum atomic E-state index is -0.987. The van der Waals surface area contributed by atoms with Gasteiger partial charge >= 0.3 is 5.97 Å². The molecule has 1 heterocycles. The smallest absolute Gasteiger partial charge is 0.310 e. The largest absolute Gasteiger partial charge is 0.481 e. The van der Waals surface area contributed by atoms with E-state index in [1.165, 1.54) is 0 Å². The van der Waals surface area contributed by atoms with Crippen LogP contribution < -0.4 is 5.32 Å². The maximum atomic E-state index is 12.0. The fourth-order valence-corrected chi connectivity index (χ4v) is 2.10. The fourth-order valence-electron chi connectivity index (χ4n) is 1.93. The second-order valence-electron chi connectivity index (χ2n) is 5.65. The zero-order chi connectivity index (χ0) is 15.6. The number of rotatable bonds is 5. The Hall–Kier alpha value is -2.01. The van der Waals surface area contributed by atoms with Crippen LogP contribution in [0.25, 0.3) is 10.9 Å². The molecule has 0 fully saturated rings. The topological polar surface area (TPSA) is 82.2 Å². The molecule has 1 aromatic carbocycles. The molecule has 0 bridgehead atoms. The highest BCUT2D eigenvalue weighted by atomic mass is 35.5. The summed E-state index contributed by atoms with van der Waals surface area (Å²) in [6.45, 7) is 3.23. The Labute approximate surface area is 127 Å². The lowest BCUT2D eigenvalue weighted by molar-refractivity contribution is -0.146. The number of nitrogens with one attached hydrogen (secondary N) is 2. The second kappa shape index (κ2) is 5.77. The second-order valence-corrected chi connectivity index (χ2v) is 6.08. The van der Waals surface area contributed by atoms with Crippen molar-refractivity contribution in [2.24, 2.45) is 5.41 Å². The van der Waals surface area contributed by atoms with Gasteiger partial charge in [-0.1, -0.05) is 11.6 Å². The van der Waals surface area contributed by atoms with Crippen LogP contribution >= 0.6 is 11.6 Å². The van der Waals surface area contributed by atoms with Gasteiger partial charge in [-0.05, 0) is 37.6 Å². The van der Waals surface area contributed by atoms with Crippen LogP contribution in [0.5, 0.6) is 0 Å². The summed E-state index contributed by atoms with van der Waals surface area (Å²) < 4.78 is 0. The third kappa shape index (κ3) is 3.55. The van der Waals surface area contributed by atoms with Crippen molar-refractivity contribution in [3.05, 3.63) is 35.0 Å². The standard InChI is InChI=1S/C15H17ClN2O3/c1-15(2,14(20)21)8-18-13(19)5-9-7-17-12-4-3-10(16)6-11(9)12/h3-4,6-7,17H,5,8H2,1-2H3,(H,18,19)(H,20,21). The van der Waals surface area contributed by atoms with E-state index in [1.807, 2.05) is 6.07 Å². The molecule has 2 rings (SSSR count). The lowest BCUT2D eigenvalue weighted by atomic mass is 9.94. The molecular formula is C15H17ClN2O3. The number of carbonyl (C=O) groups is 2. The van der Waals surface area contributed by atoms with Crippen LogP contribution in [0.2, 0.25) is 5.02 Å². The minimum Gasteiger partial charge on any atom is -0.481 e. The summed E-state index contributed by atoms with van der Waals surface area (Å²) >= 11 is 5.96. The monoisotopic (exact) mass is 308 g/mol. The molecule has 0 saturated heterocycles. The number of amides is 1. The Kier molecular flexibility index (Phi) is 4.23. The molecule has 1 aromatic heterocycles. The number of aliphatic carboxylic acids is 1. The molecular weight excluding hydrogens is 292 g/mol. The lowest BCUT2D eigenvalue weighted by Gasteiger charge is -2.19. The predicted octanol–water partition coefficient (Wildman–Crippen LogP) is 2.59. The molecule has 1 amide bonds. The van der Waals surface area contributed by atoms with E-state index >= 15 is 0 Å². The first-order valence-corrected chi connectivity index (χ1v) is 6.93. The van der Waals surface area contributed by atoms with E-state index in [2.05, 4.69) is 10.3 Å². The molecule has 0 atom stereocenters. The van der Waals surface area contributed by atoms with E-state index in [0.29, 0.717) is 5.02 Å². The van der Waals surface area contributed by atoms with Crippen molar-refractivity contribution in [2.75, 3.05) is 6.54 Å². The van der Waals surface area contributed by atoms with Crippen LogP contribution in [-0.4, -0.2) is 28.5 Å². The van der Waals surface area contributed by atoms with Gasteiger partial charge in [0.05, 0.1) is 11.8 Å². The molecule has 3 N–H and O–H groups in total. The molecule has 2 aromatic rings. The molecule has 0 unspecified atom stereocenters. The number of aromatic nitrogens is 1. The molecule has 0 aliphatic carbocycles. The highest BCUT2D eigenvalue weighted by Crippen LogP contribution is 2.22. The highest BCUT2D eigenvalue weighted by molar-refractivity contribution is 6.31. The normalized spacial score (nSPS) is 11.6. The Morgan fingerprint density at radius 3 is 2.76 bits per heavy atom. The van der Waals surface area contributed by atoms with Gasteiger partial charge in [0.15, 0.2) is 0 Å². The van der Waals surface area contributed by atoms with Gasteiger partial charge in [0, 0.05) is 28.7 Å². The summed E-state index contributed by atoms with van der Waals surface area (Å²) in [6.07, 6.45) is 1.94. The third-order valence-corrected chi connectivity index (χ3v) is 3.62. The first-order valence-electron chi connectivity index (χ1n) is 6.55. The SMILES string of the molecule is CC(C)(CNC(=O)Cc1c[nH]c2ccc(Cl)cc12)C(=O)O. The van der Waals surface area contributed by atoms with E-state index in [0.717, 1.165) is 16.5 Å². The van der Waals surface area contributed by atoms with Gasteiger partial charge in [-0.15, -0.1) is 0 Å². The zero-order valence-electron chi connectivity index (χ0n) is 11.9. The van der Waals surface area contributed by atoms with Crippen molar-refractivity contribution < 1.29 is 14.7 Å². The van der Waals surface area contributed by atoms with Gasteiger partial charge in [-0.25, -0.2) is 0 Å². The quantitative estimate of drug-likeness (QED) is 0.794. The molecule has 0 radical (unpaired) electrons. The minimum absolute atomic E-state index is 0.0876. The molecule has 0 aliphatic rings. The van der Waals surface area contributed by atoms with Crippen LogP contribution in [0, 0.1) is 5.41 Å². The molecule has 6 heteroatoms. The highest BCUT2D eigenvalue weighted by Gasteiger charge is 2.27. The van der Waals surface area contributed by atoms with Crippen LogP contribution in [0.1, 0.15) is 19.4 Å². The molecule has 5 nitrogen and oxygen atoms in total. The van der Waals surface area contributed by atoms with Crippen LogP contribution in [0.4, 0.5) is 0 Å². The molecule has 0 spiro atoms. The number of H-pyrrole nitrogens is 1. The molecule has 0 aliphatic heterocycles. The molecule has 21 heavy (non-hydrogen) atoms. The summed E-state index contributed by atoms with van der Waals surface area (Å²) in [4.78, 5) is 26.0. The first-order chi connectivity index (χ1) is 9.79. The number of fused-ring (bicyclic) bond motifs is 1. The average molecular weight is 309 g/mol. The number of carboxylic acids is 1. The maximum absolute atomic E-state index is 12.0. The van der Waals surface area contributed by atoms with Crippen molar-refractivity contribution in [2.45, 2.75) is 20.3 Å². The van der Waals surface area contributed by atoms with Gasteiger partial charge in [0.2, 0.25) is 5.91 Å². The van der Waals surface area contributed by atoms with E-state index in [9.17, 15) is 9.59 Å². The van der Waals surface area contributed by atoms with E-state index in [4.69, 9.17) is 16.7 Å². The molecule has 0 saturated carbocycles. The van der Waals surface area contributed by atoms with Crippen molar-refractivity contribution in [1.29, 1.82) is 0 Å². The lowest BCUT2D eigenvalue weighted by Crippen LogP contribution is -2.39. The Balaban J connectivity index is 2.05. The van der Waals surface area contributed by atoms with E-state index in [-0.39, 0.29) is 18.9 Å². The van der Waals surface area contributed by atoms with E-state index in [1.54, 1.807) is 32.2 Å². The van der Waals surface area contributed by atoms with Crippen molar-refractivity contribution in [3.8, 4) is 0 Å². The van der Waals surface area contributed by atoms with E-state index < -0.39 is 11.4 Å².